The van der Waals surface area contributed by atoms with Gasteiger partial charge in [-0.05, 0) is 13.8 Å². The molecule has 1 aromatic heterocycles. The molecule has 0 unspecified atom stereocenters. The Morgan fingerprint density at radius 3 is 2.88 bits per heavy atom. The van der Waals surface area contributed by atoms with Crippen LogP contribution in [0, 0.1) is 6.92 Å². The third-order valence-electron chi connectivity index (χ3n) is 3.25. The van der Waals surface area contributed by atoms with Crippen molar-refractivity contribution < 1.29 is 0 Å². The Balaban J connectivity index is 2.13. The lowest BCUT2D eigenvalue weighted by molar-refractivity contribution is 0.162. The van der Waals surface area contributed by atoms with Crippen LogP contribution in [0.15, 0.2) is 0 Å². The molecule has 1 aromatic rings. The Morgan fingerprint density at radius 2 is 2.31 bits per heavy atom. The summed E-state index contributed by atoms with van der Waals surface area (Å²) in [5, 5.41) is 8.54. The van der Waals surface area contributed by atoms with E-state index in [0.717, 1.165) is 42.6 Å². The second-order valence-electron chi connectivity index (χ2n) is 4.49. The van der Waals surface area contributed by atoms with Crippen LogP contribution >= 0.6 is 11.6 Å². The van der Waals surface area contributed by atoms with Gasteiger partial charge < -0.3 is 5.32 Å². The molecule has 0 amide bonds. The van der Waals surface area contributed by atoms with E-state index in [1.54, 1.807) is 0 Å². The number of piperazine rings is 1. The summed E-state index contributed by atoms with van der Waals surface area (Å²) in [5.74, 6) is 0. The van der Waals surface area contributed by atoms with Crippen molar-refractivity contribution >= 4 is 11.6 Å². The fourth-order valence-electron chi connectivity index (χ4n) is 2.16. The molecule has 1 aliphatic rings. The van der Waals surface area contributed by atoms with Gasteiger partial charge in [-0.2, -0.15) is 5.10 Å². The van der Waals surface area contributed by atoms with Crippen molar-refractivity contribution in [2.24, 2.45) is 7.05 Å². The second kappa shape index (κ2) is 4.73. The number of hydrogen-bond acceptors (Lipinski definition) is 3. The zero-order valence-electron chi connectivity index (χ0n) is 10.1. The lowest BCUT2D eigenvalue weighted by Gasteiger charge is -2.33. The van der Waals surface area contributed by atoms with Crippen molar-refractivity contribution in [3.63, 3.8) is 0 Å². The average Bonchev–Trinajstić information content (AvgIpc) is 2.48. The summed E-state index contributed by atoms with van der Waals surface area (Å²) in [4.78, 5) is 2.44. The van der Waals surface area contributed by atoms with Crippen molar-refractivity contribution in [1.29, 1.82) is 0 Å². The second-order valence-corrected chi connectivity index (χ2v) is 4.87. The van der Waals surface area contributed by atoms with Gasteiger partial charge >= 0.3 is 0 Å². The van der Waals surface area contributed by atoms with Gasteiger partial charge in [0.25, 0.3) is 0 Å². The Hall–Kier alpha value is -0.580. The molecule has 0 radical (unpaired) electrons. The molecule has 16 heavy (non-hydrogen) atoms. The fraction of sp³-hybridized carbons (Fsp3) is 0.727. The van der Waals surface area contributed by atoms with Crippen LogP contribution in [-0.4, -0.2) is 40.4 Å². The summed E-state index contributed by atoms with van der Waals surface area (Å²) in [5.41, 5.74) is 2.04. The average molecular weight is 243 g/mol. The summed E-state index contributed by atoms with van der Waals surface area (Å²) >= 11 is 6.26. The number of aryl methyl sites for hydroxylation is 2. The van der Waals surface area contributed by atoms with E-state index in [1.807, 2.05) is 18.7 Å². The number of rotatable bonds is 2. The third-order valence-corrected chi connectivity index (χ3v) is 3.75. The smallest absolute Gasteiger partial charge is 0.0860 e. The van der Waals surface area contributed by atoms with E-state index in [0.29, 0.717) is 6.04 Å². The van der Waals surface area contributed by atoms with Crippen LogP contribution in [0.1, 0.15) is 18.3 Å². The molecule has 1 atom stereocenters. The molecule has 0 aromatic carbocycles. The molecule has 2 heterocycles. The van der Waals surface area contributed by atoms with Crippen LogP contribution in [0.3, 0.4) is 0 Å². The fourth-order valence-corrected chi connectivity index (χ4v) is 2.38. The van der Waals surface area contributed by atoms with Gasteiger partial charge in [0, 0.05) is 39.3 Å². The predicted molar refractivity (Wildman–Crippen MR) is 65.7 cm³/mol. The molecule has 1 aliphatic heterocycles. The Morgan fingerprint density at radius 1 is 1.56 bits per heavy atom. The summed E-state index contributed by atoms with van der Waals surface area (Å²) in [6.45, 7) is 8.25. The van der Waals surface area contributed by atoms with E-state index in [2.05, 4.69) is 22.2 Å². The Labute approximate surface area is 102 Å². The third kappa shape index (κ3) is 2.24. The molecular formula is C11H19ClN4. The van der Waals surface area contributed by atoms with E-state index in [9.17, 15) is 0 Å². The summed E-state index contributed by atoms with van der Waals surface area (Å²) in [7, 11) is 1.96. The number of nitrogens with one attached hydrogen (secondary N) is 1. The summed E-state index contributed by atoms with van der Waals surface area (Å²) < 4.78 is 1.90. The SMILES string of the molecule is Cc1nn(C)c(CN2CCNC[C@H]2C)c1Cl. The predicted octanol–water partition coefficient (Wildman–Crippen LogP) is 1.18. The van der Waals surface area contributed by atoms with Gasteiger partial charge in [0.2, 0.25) is 0 Å². The number of halogens is 1. The van der Waals surface area contributed by atoms with Gasteiger partial charge in [-0.25, -0.2) is 0 Å². The van der Waals surface area contributed by atoms with Gasteiger partial charge in [-0.15, -0.1) is 0 Å². The molecule has 0 spiro atoms. The minimum Gasteiger partial charge on any atom is -0.314 e. The molecule has 90 valence electrons. The van der Waals surface area contributed by atoms with Crippen LogP contribution in [0.2, 0.25) is 5.02 Å². The van der Waals surface area contributed by atoms with E-state index in [-0.39, 0.29) is 0 Å². The van der Waals surface area contributed by atoms with Crippen molar-refractivity contribution in [1.82, 2.24) is 20.0 Å². The van der Waals surface area contributed by atoms with Crippen LogP contribution in [-0.2, 0) is 13.6 Å². The number of nitrogens with zero attached hydrogens (tertiary/aromatic N) is 3. The van der Waals surface area contributed by atoms with Crippen molar-refractivity contribution in [3.05, 3.63) is 16.4 Å². The number of hydrogen-bond donors (Lipinski definition) is 1. The highest BCUT2D eigenvalue weighted by molar-refractivity contribution is 6.31. The van der Waals surface area contributed by atoms with Crippen LogP contribution in [0.5, 0.6) is 0 Å². The molecule has 0 aliphatic carbocycles. The van der Waals surface area contributed by atoms with Gasteiger partial charge in [-0.3, -0.25) is 9.58 Å². The molecule has 1 saturated heterocycles. The van der Waals surface area contributed by atoms with E-state index >= 15 is 0 Å². The summed E-state index contributed by atoms with van der Waals surface area (Å²) in [6.07, 6.45) is 0. The van der Waals surface area contributed by atoms with Crippen molar-refractivity contribution in [2.75, 3.05) is 19.6 Å². The molecule has 5 heteroatoms. The van der Waals surface area contributed by atoms with E-state index in [1.165, 1.54) is 0 Å². The highest BCUT2D eigenvalue weighted by atomic mass is 35.5. The van der Waals surface area contributed by atoms with Crippen LogP contribution in [0.4, 0.5) is 0 Å². The largest absolute Gasteiger partial charge is 0.314 e. The van der Waals surface area contributed by atoms with Crippen LogP contribution < -0.4 is 5.32 Å². The molecule has 1 N–H and O–H groups in total. The van der Waals surface area contributed by atoms with Crippen LogP contribution in [0.25, 0.3) is 0 Å². The van der Waals surface area contributed by atoms with Gasteiger partial charge in [0.1, 0.15) is 0 Å². The lowest BCUT2D eigenvalue weighted by Crippen LogP contribution is -2.49. The maximum Gasteiger partial charge on any atom is 0.0860 e. The molecule has 0 saturated carbocycles. The first-order chi connectivity index (χ1) is 7.59. The molecule has 0 bridgehead atoms. The first kappa shape index (κ1) is 11.9. The highest BCUT2D eigenvalue weighted by Gasteiger charge is 2.21. The van der Waals surface area contributed by atoms with Crippen molar-refractivity contribution in [3.8, 4) is 0 Å². The zero-order chi connectivity index (χ0) is 11.7. The quantitative estimate of drug-likeness (QED) is 0.846. The lowest BCUT2D eigenvalue weighted by atomic mass is 10.2. The van der Waals surface area contributed by atoms with E-state index < -0.39 is 0 Å². The molecule has 4 nitrogen and oxygen atoms in total. The summed E-state index contributed by atoms with van der Waals surface area (Å²) in [6, 6.07) is 0.556. The van der Waals surface area contributed by atoms with Crippen molar-refractivity contribution in [2.45, 2.75) is 26.4 Å². The Kier molecular flexibility index (Phi) is 3.52. The maximum atomic E-state index is 6.26. The maximum absolute atomic E-state index is 6.26. The first-order valence-corrected chi connectivity index (χ1v) is 6.10. The molecule has 1 fully saturated rings. The van der Waals surface area contributed by atoms with Gasteiger partial charge in [0.05, 0.1) is 16.4 Å². The van der Waals surface area contributed by atoms with Gasteiger partial charge in [-0.1, -0.05) is 11.6 Å². The standard InChI is InChI=1S/C11H19ClN4/c1-8-6-13-4-5-16(8)7-10-11(12)9(2)14-15(10)3/h8,13H,4-7H2,1-3H3/t8-/m1/s1. The molecular weight excluding hydrogens is 224 g/mol. The Bertz CT molecular complexity index is 374. The minimum absolute atomic E-state index is 0.556. The van der Waals surface area contributed by atoms with E-state index in [4.69, 9.17) is 11.6 Å². The normalized spacial score (nSPS) is 22.6. The first-order valence-electron chi connectivity index (χ1n) is 5.72. The monoisotopic (exact) mass is 242 g/mol. The van der Waals surface area contributed by atoms with Gasteiger partial charge in [0.15, 0.2) is 0 Å². The minimum atomic E-state index is 0.556. The highest BCUT2D eigenvalue weighted by Crippen LogP contribution is 2.21. The topological polar surface area (TPSA) is 33.1 Å². The molecule has 2 rings (SSSR count). The number of aromatic nitrogens is 2. The zero-order valence-corrected chi connectivity index (χ0v) is 10.9.